The van der Waals surface area contributed by atoms with Gasteiger partial charge in [0, 0.05) is 25.7 Å². The highest BCUT2D eigenvalue weighted by Gasteiger charge is 2.26. The molecule has 1 aliphatic rings. The lowest BCUT2D eigenvalue weighted by Gasteiger charge is -2.26. The number of thioether (sulfide) groups is 1. The van der Waals surface area contributed by atoms with E-state index in [4.69, 9.17) is 9.47 Å². The number of hydrogen-bond donors (Lipinski definition) is 0. The van der Waals surface area contributed by atoms with E-state index in [1.54, 1.807) is 35.9 Å². The number of esters is 1. The fourth-order valence-corrected chi connectivity index (χ4v) is 5.42. The van der Waals surface area contributed by atoms with Gasteiger partial charge in [-0.2, -0.15) is 4.31 Å². The summed E-state index contributed by atoms with van der Waals surface area (Å²) in [7, 11) is -1.76. The predicted molar refractivity (Wildman–Crippen MR) is 123 cm³/mol. The van der Waals surface area contributed by atoms with E-state index in [1.165, 1.54) is 16.1 Å². The van der Waals surface area contributed by atoms with Gasteiger partial charge in [-0.1, -0.05) is 42.1 Å². The molecule has 0 atom stereocenters. The molecule has 0 amide bonds. The van der Waals surface area contributed by atoms with Crippen LogP contribution in [0.2, 0.25) is 0 Å². The second kappa shape index (κ2) is 10.5. The monoisotopic (exact) mass is 488 g/mol. The fraction of sp³-hybridized carbons (Fsp3) is 0.318. The van der Waals surface area contributed by atoms with Crippen LogP contribution in [-0.2, 0) is 37.9 Å². The molecule has 0 spiro atoms. The van der Waals surface area contributed by atoms with Crippen LogP contribution in [0.1, 0.15) is 5.56 Å². The van der Waals surface area contributed by atoms with Crippen LogP contribution in [0, 0.1) is 0 Å². The largest absolute Gasteiger partial charge is 0.460 e. The van der Waals surface area contributed by atoms with E-state index >= 15 is 0 Å². The number of hydrogen-bond acceptors (Lipinski definition) is 8. The van der Waals surface area contributed by atoms with Gasteiger partial charge in [-0.15, -0.1) is 10.2 Å². The molecule has 1 aromatic heterocycles. The molecular weight excluding hydrogens is 464 g/mol. The molecule has 174 valence electrons. The zero-order chi connectivity index (χ0) is 23.3. The molecule has 0 saturated carbocycles. The number of rotatable bonds is 8. The minimum Gasteiger partial charge on any atom is -0.460 e. The Balaban J connectivity index is 1.37. The molecule has 1 saturated heterocycles. The molecule has 3 aromatic rings. The van der Waals surface area contributed by atoms with Crippen molar-refractivity contribution in [1.82, 2.24) is 19.1 Å². The van der Waals surface area contributed by atoms with E-state index in [0.717, 1.165) is 11.1 Å². The Labute approximate surface area is 196 Å². The van der Waals surface area contributed by atoms with Crippen molar-refractivity contribution in [2.45, 2.75) is 16.7 Å². The van der Waals surface area contributed by atoms with Crippen LogP contribution < -0.4 is 0 Å². The summed E-state index contributed by atoms with van der Waals surface area (Å²) in [6.45, 7) is 1.72. The van der Waals surface area contributed by atoms with Gasteiger partial charge in [0.15, 0.2) is 11.0 Å². The highest BCUT2D eigenvalue weighted by Crippen LogP contribution is 2.25. The van der Waals surface area contributed by atoms with E-state index in [0.29, 0.717) is 37.3 Å². The topological polar surface area (TPSA) is 104 Å². The molecule has 0 radical (unpaired) electrons. The van der Waals surface area contributed by atoms with E-state index < -0.39 is 10.0 Å². The smallest absolute Gasteiger partial charge is 0.316 e. The summed E-state index contributed by atoms with van der Waals surface area (Å²) >= 11 is 1.23. The molecule has 9 nitrogen and oxygen atoms in total. The van der Waals surface area contributed by atoms with Gasteiger partial charge in [0.05, 0.1) is 23.9 Å². The summed E-state index contributed by atoms with van der Waals surface area (Å²) in [5.74, 6) is 0.340. The van der Waals surface area contributed by atoms with Crippen LogP contribution in [0.5, 0.6) is 0 Å². The van der Waals surface area contributed by atoms with Crippen molar-refractivity contribution in [1.29, 1.82) is 0 Å². The first-order valence-electron chi connectivity index (χ1n) is 10.4. The van der Waals surface area contributed by atoms with Gasteiger partial charge in [0.2, 0.25) is 10.0 Å². The van der Waals surface area contributed by atoms with E-state index in [2.05, 4.69) is 10.2 Å². The van der Waals surface area contributed by atoms with Crippen molar-refractivity contribution in [2.24, 2.45) is 7.05 Å². The Kier molecular flexibility index (Phi) is 7.43. The van der Waals surface area contributed by atoms with E-state index in [9.17, 15) is 13.2 Å². The van der Waals surface area contributed by atoms with Crippen LogP contribution in [-0.4, -0.2) is 65.5 Å². The minimum absolute atomic E-state index is 0.107. The lowest BCUT2D eigenvalue weighted by molar-refractivity contribution is -0.141. The first-order chi connectivity index (χ1) is 15.9. The number of nitrogens with zero attached hydrogens (tertiary/aromatic N) is 4. The minimum atomic E-state index is -3.55. The third kappa shape index (κ3) is 5.61. The molecule has 1 aliphatic heterocycles. The van der Waals surface area contributed by atoms with Gasteiger partial charge in [0.25, 0.3) is 0 Å². The van der Waals surface area contributed by atoms with Crippen molar-refractivity contribution >= 4 is 27.8 Å². The normalized spacial score (nSPS) is 14.8. The number of sulfonamides is 1. The highest BCUT2D eigenvalue weighted by atomic mass is 32.2. The summed E-state index contributed by atoms with van der Waals surface area (Å²) in [6, 6.07) is 16.0. The summed E-state index contributed by atoms with van der Waals surface area (Å²) in [5, 5.41) is 8.92. The molecule has 1 fully saturated rings. The summed E-state index contributed by atoms with van der Waals surface area (Å²) in [5.41, 5.74) is 1.65. The zero-order valence-corrected chi connectivity index (χ0v) is 19.7. The van der Waals surface area contributed by atoms with Crippen molar-refractivity contribution in [2.75, 3.05) is 32.1 Å². The molecule has 2 heterocycles. The number of carbonyl (C=O) groups excluding carboxylic acids is 1. The number of ether oxygens (including phenoxy) is 2. The number of carbonyl (C=O) groups is 1. The molecule has 0 unspecified atom stereocenters. The fourth-order valence-electron chi connectivity index (χ4n) is 3.31. The lowest BCUT2D eigenvalue weighted by Crippen LogP contribution is -2.40. The summed E-state index contributed by atoms with van der Waals surface area (Å²) < 4.78 is 39.3. The summed E-state index contributed by atoms with van der Waals surface area (Å²) in [6.07, 6.45) is 0. The zero-order valence-electron chi connectivity index (χ0n) is 18.1. The third-order valence-electron chi connectivity index (χ3n) is 5.12. The van der Waals surface area contributed by atoms with Gasteiger partial charge < -0.3 is 14.0 Å². The van der Waals surface area contributed by atoms with Crippen molar-refractivity contribution in [3.63, 3.8) is 0 Å². The van der Waals surface area contributed by atoms with Gasteiger partial charge in [-0.25, -0.2) is 8.42 Å². The van der Waals surface area contributed by atoms with E-state index in [1.807, 2.05) is 30.3 Å². The average molecular weight is 489 g/mol. The molecule has 4 rings (SSSR count). The van der Waals surface area contributed by atoms with Crippen molar-refractivity contribution in [3.8, 4) is 11.4 Å². The number of aromatic nitrogens is 3. The maximum atomic E-state index is 12.8. The van der Waals surface area contributed by atoms with Gasteiger partial charge in [-0.05, 0) is 29.8 Å². The molecule has 2 aromatic carbocycles. The molecular formula is C22H24N4O5S2. The molecule has 11 heteroatoms. The molecule has 0 N–H and O–H groups in total. The van der Waals surface area contributed by atoms with Gasteiger partial charge in [0.1, 0.15) is 6.61 Å². The Morgan fingerprint density at radius 3 is 2.45 bits per heavy atom. The van der Waals surface area contributed by atoms with Crippen molar-refractivity contribution < 1.29 is 22.7 Å². The van der Waals surface area contributed by atoms with Gasteiger partial charge in [-0.3, -0.25) is 4.79 Å². The third-order valence-corrected chi connectivity index (χ3v) is 8.02. The van der Waals surface area contributed by atoms with Crippen LogP contribution >= 0.6 is 11.8 Å². The van der Waals surface area contributed by atoms with Crippen LogP contribution in [0.25, 0.3) is 11.4 Å². The molecule has 0 aliphatic carbocycles. The van der Waals surface area contributed by atoms with E-state index in [-0.39, 0.29) is 23.2 Å². The first-order valence-corrected chi connectivity index (χ1v) is 12.8. The maximum Gasteiger partial charge on any atom is 0.316 e. The second-order valence-corrected chi connectivity index (χ2v) is 10.2. The lowest BCUT2D eigenvalue weighted by atomic mass is 10.2. The highest BCUT2D eigenvalue weighted by molar-refractivity contribution is 7.99. The van der Waals surface area contributed by atoms with Gasteiger partial charge >= 0.3 is 5.97 Å². The number of morpholine rings is 1. The number of benzene rings is 2. The first kappa shape index (κ1) is 23.4. The quantitative estimate of drug-likeness (QED) is 0.352. The SMILES string of the molecule is Cn1c(SCC(=O)OCc2ccccc2)nnc1-c1ccc(S(=O)(=O)N2CCOCC2)cc1. The standard InChI is InChI=1S/C22H24N4O5S2/c1-25-21(18-7-9-19(10-8-18)33(28,29)26-11-13-30-14-12-26)23-24-22(25)32-16-20(27)31-15-17-5-3-2-4-6-17/h2-10H,11-16H2,1H3. The van der Waals surface area contributed by atoms with Crippen LogP contribution in [0.15, 0.2) is 64.6 Å². The second-order valence-electron chi connectivity index (χ2n) is 7.34. The molecule has 0 bridgehead atoms. The van der Waals surface area contributed by atoms with Crippen molar-refractivity contribution in [3.05, 3.63) is 60.2 Å². The maximum absolute atomic E-state index is 12.8. The Morgan fingerprint density at radius 1 is 1.06 bits per heavy atom. The molecule has 33 heavy (non-hydrogen) atoms. The van der Waals surface area contributed by atoms with Crippen LogP contribution in [0.3, 0.4) is 0 Å². The Morgan fingerprint density at radius 2 is 1.76 bits per heavy atom. The average Bonchev–Trinajstić information content (AvgIpc) is 3.22. The predicted octanol–water partition coefficient (Wildman–Crippen LogP) is 2.34. The summed E-state index contributed by atoms with van der Waals surface area (Å²) in [4.78, 5) is 12.3. The Hall–Kier alpha value is -2.73. The van der Waals surface area contributed by atoms with Crippen LogP contribution in [0.4, 0.5) is 0 Å². The Bertz CT molecular complexity index is 1190.